The van der Waals surface area contributed by atoms with E-state index in [-0.39, 0.29) is 6.04 Å². The predicted octanol–water partition coefficient (Wildman–Crippen LogP) is 2.16. The zero-order valence-corrected chi connectivity index (χ0v) is 19.7. The van der Waals surface area contributed by atoms with Gasteiger partial charge >= 0.3 is 0 Å². The molecule has 3 aliphatic heterocycles. The van der Waals surface area contributed by atoms with Gasteiger partial charge in [0.25, 0.3) is 0 Å². The van der Waals surface area contributed by atoms with Gasteiger partial charge in [0, 0.05) is 44.5 Å². The lowest BCUT2D eigenvalue weighted by atomic mass is 9.86. The molecule has 8 heteroatoms. The third kappa shape index (κ3) is 5.35. The molecular weight excluding hydrogens is 414 g/mol. The fourth-order valence-corrected chi connectivity index (χ4v) is 6.93. The van der Waals surface area contributed by atoms with Gasteiger partial charge in [-0.2, -0.15) is 4.31 Å². The van der Waals surface area contributed by atoms with Crippen LogP contribution in [0.2, 0.25) is 0 Å². The van der Waals surface area contributed by atoms with Gasteiger partial charge in [-0.05, 0) is 68.8 Å². The Hall–Kier alpha value is -1.35. The Balaban J connectivity index is 1.33. The van der Waals surface area contributed by atoms with Crippen LogP contribution in [0, 0.1) is 5.92 Å². The van der Waals surface area contributed by atoms with E-state index >= 15 is 0 Å². The summed E-state index contributed by atoms with van der Waals surface area (Å²) < 4.78 is 31.6. The van der Waals surface area contributed by atoms with Crippen molar-refractivity contribution in [3.8, 4) is 5.75 Å². The molecule has 0 unspecified atom stereocenters. The lowest BCUT2D eigenvalue weighted by molar-refractivity contribution is -0.0317. The number of ether oxygens (including phenoxy) is 1. The predicted molar refractivity (Wildman–Crippen MR) is 123 cm³/mol. The highest BCUT2D eigenvalue weighted by Crippen LogP contribution is 2.34. The summed E-state index contributed by atoms with van der Waals surface area (Å²) in [6.07, 6.45) is 6.83. The quantitative estimate of drug-likeness (QED) is 0.740. The molecule has 31 heavy (non-hydrogen) atoms. The molecule has 4 rings (SSSR count). The van der Waals surface area contributed by atoms with Gasteiger partial charge in [0.05, 0.1) is 19.0 Å². The van der Waals surface area contributed by atoms with Crippen LogP contribution in [0.15, 0.2) is 24.3 Å². The van der Waals surface area contributed by atoms with Crippen LogP contribution in [0.1, 0.15) is 38.5 Å². The van der Waals surface area contributed by atoms with E-state index in [4.69, 9.17) is 4.74 Å². The molecule has 1 aromatic carbocycles. The summed E-state index contributed by atoms with van der Waals surface area (Å²) in [7, 11) is -1.49. The minimum atomic E-state index is -3.16. The van der Waals surface area contributed by atoms with Gasteiger partial charge in [-0.25, -0.2) is 8.42 Å². The van der Waals surface area contributed by atoms with Crippen LogP contribution in [0.25, 0.3) is 0 Å². The Morgan fingerprint density at radius 3 is 2.42 bits per heavy atom. The van der Waals surface area contributed by atoms with E-state index in [2.05, 4.69) is 21.9 Å². The molecule has 3 saturated heterocycles. The molecule has 0 aromatic heterocycles. The van der Waals surface area contributed by atoms with E-state index in [0.29, 0.717) is 19.0 Å². The lowest BCUT2D eigenvalue weighted by Gasteiger charge is -2.46. The first-order valence-corrected chi connectivity index (χ1v) is 13.4. The molecule has 1 aromatic rings. The monoisotopic (exact) mass is 451 g/mol. The Bertz CT molecular complexity index is 837. The van der Waals surface area contributed by atoms with E-state index in [0.717, 1.165) is 70.5 Å². The molecule has 3 fully saturated rings. The summed E-state index contributed by atoms with van der Waals surface area (Å²) in [6.45, 7) is 4.77. The first-order chi connectivity index (χ1) is 14.8. The molecule has 1 N–H and O–H groups in total. The van der Waals surface area contributed by atoms with Crippen molar-refractivity contribution >= 4 is 15.7 Å². The zero-order chi connectivity index (χ0) is 22.1. The third-order valence-corrected chi connectivity index (χ3v) is 8.73. The number of sulfonamides is 1. The first-order valence-electron chi connectivity index (χ1n) is 11.6. The van der Waals surface area contributed by atoms with Crippen molar-refractivity contribution in [1.29, 1.82) is 0 Å². The van der Waals surface area contributed by atoms with Crippen molar-refractivity contribution in [2.75, 3.05) is 57.5 Å². The van der Waals surface area contributed by atoms with Crippen molar-refractivity contribution in [2.24, 2.45) is 5.92 Å². The van der Waals surface area contributed by atoms with E-state index in [9.17, 15) is 13.5 Å². The highest BCUT2D eigenvalue weighted by molar-refractivity contribution is 7.88. The van der Waals surface area contributed by atoms with Gasteiger partial charge in [-0.15, -0.1) is 0 Å². The van der Waals surface area contributed by atoms with E-state index in [1.165, 1.54) is 11.9 Å². The molecule has 3 aliphatic rings. The molecule has 0 spiro atoms. The van der Waals surface area contributed by atoms with Crippen molar-refractivity contribution in [3.05, 3.63) is 24.3 Å². The summed E-state index contributed by atoms with van der Waals surface area (Å²) in [4.78, 5) is 4.71. The van der Waals surface area contributed by atoms with Gasteiger partial charge in [0.15, 0.2) is 0 Å². The average molecular weight is 452 g/mol. The average Bonchev–Trinajstić information content (AvgIpc) is 2.96. The normalized spacial score (nSPS) is 28.0. The van der Waals surface area contributed by atoms with Crippen LogP contribution in [0.3, 0.4) is 0 Å². The molecule has 0 amide bonds. The van der Waals surface area contributed by atoms with Gasteiger partial charge < -0.3 is 19.6 Å². The van der Waals surface area contributed by atoms with Crippen molar-refractivity contribution in [3.63, 3.8) is 0 Å². The van der Waals surface area contributed by atoms with Gasteiger partial charge in [0.2, 0.25) is 10.0 Å². The van der Waals surface area contributed by atoms with Gasteiger partial charge in [-0.3, -0.25) is 0 Å². The molecule has 174 valence electrons. The summed E-state index contributed by atoms with van der Waals surface area (Å²) in [6, 6.07) is 8.24. The molecule has 0 bridgehead atoms. The second kappa shape index (κ2) is 9.25. The van der Waals surface area contributed by atoms with Crippen molar-refractivity contribution < 1.29 is 18.3 Å². The van der Waals surface area contributed by atoms with Gasteiger partial charge in [0.1, 0.15) is 5.75 Å². The number of benzene rings is 1. The number of methoxy groups -OCH3 is 1. The number of hydrogen-bond acceptors (Lipinski definition) is 6. The standard InChI is InChI=1S/C23H37N3O4S/c1-30-21-8-6-20(7-9-21)25-15-11-23(27,12-16-25)18-24-14-10-22-19(17-24)5-3-4-13-26(22)31(2,28)29/h6-9,19,22,27H,3-5,10-18H2,1-2H3/t19-,22+/m0/s1. The number of fused-ring (bicyclic) bond motifs is 1. The second-order valence-corrected chi connectivity index (χ2v) is 11.6. The van der Waals surface area contributed by atoms with Crippen molar-refractivity contribution in [2.45, 2.75) is 50.2 Å². The number of aliphatic hydroxyl groups is 1. The van der Waals surface area contributed by atoms with Crippen molar-refractivity contribution in [1.82, 2.24) is 9.21 Å². The number of likely N-dealkylation sites (tertiary alicyclic amines) is 1. The summed E-state index contributed by atoms with van der Waals surface area (Å²) >= 11 is 0. The summed E-state index contributed by atoms with van der Waals surface area (Å²) in [5.74, 6) is 1.22. The lowest BCUT2D eigenvalue weighted by Crippen LogP contribution is -2.56. The number of β-amino-alcohol motifs (C(OH)–C–C–N with tert-alkyl or cyclic N) is 1. The second-order valence-electron chi connectivity index (χ2n) is 9.63. The summed E-state index contributed by atoms with van der Waals surface area (Å²) in [5.41, 5.74) is 0.500. The molecule has 0 radical (unpaired) electrons. The molecule has 7 nitrogen and oxygen atoms in total. The van der Waals surface area contributed by atoms with Gasteiger partial charge in [-0.1, -0.05) is 6.42 Å². The zero-order valence-electron chi connectivity index (χ0n) is 18.9. The topological polar surface area (TPSA) is 73.3 Å². The van der Waals surface area contributed by atoms with E-state index in [1.807, 2.05) is 12.1 Å². The fourth-order valence-electron chi connectivity index (χ4n) is 5.70. The van der Waals surface area contributed by atoms with Crippen LogP contribution in [0.5, 0.6) is 5.75 Å². The van der Waals surface area contributed by atoms with Crippen LogP contribution in [-0.2, 0) is 10.0 Å². The molecular formula is C23H37N3O4S. The number of rotatable bonds is 5. The molecule has 0 saturated carbocycles. The van der Waals surface area contributed by atoms with E-state index < -0.39 is 15.6 Å². The van der Waals surface area contributed by atoms with Crippen LogP contribution < -0.4 is 9.64 Å². The largest absolute Gasteiger partial charge is 0.497 e. The fraction of sp³-hybridized carbons (Fsp3) is 0.739. The molecule has 2 atom stereocenters. The Morgan fingerprint density at radius 1 is 1.06 bits per heavy atom. The maximum atomic E-state index is 12.3. The number of anilines is 1. The first kappa shape index (κ1) is 22.8. The number of piperidine rings is 2. The van der Waals surface area contributed by atoms with Crippen LogP contribution in [0.4, 0.5) is 5.69 Å². The molecule has 3 heterocycles. The maximum Gasteiger partial charge on any atom is 0.211 e. The summed E-state index contributed by atoms with van der Waals surface area (Å²) in [5, 5.41) is 11.3. The minimum absolute atomic E-state index is 0.125. The third-order valence-electron chi connectivity index (χ3n) is 7.43. The molecule has 0 aliphatic carbocycles. The highest BCUT2D eigenvalue weighted by atomic mass is 32.2. The minimum Gasteiger partial charge on any atom is -0.497 e. The Kier molecular flexibility index (Phi) is 6.82. The smallest absolute Gasteiger partial charge is 0.211 e. The van der Waals surface area contributed by atoms with Crippen LogP contribution >= 0.6 is 0 Å². The number of nitrogens with zero attached hydrogens (tertiary/aromatic N) is 3. The maximum absolute atomic E-state index is 12.3. The van der Waals surface area contributed by atoms with E-state index in [1.54, 1.807) is 11.4 Å². The SMILES string of the molecule is COc1ccc(N2CCC(O)(CN3CC[C@@H]4[C@@H](CCCCN4S(C)(=O)=O)C3)CC2)cc1. The number of hydrogen-bond donors (Lipinski definition) is 1. The Labute approximate surface area is 187 Å². The Morgan fingerprint density at radius 2 is 1.77 bits per heavy atom. The van der Waals surface area contributed by atoms with Crippen LogP contribution in [-0.4, -0.2) is 87.0 Å². The highest BCUT2D eigenvalue weighted by Gasteiger charge is 2.41.